The molecule has 7 nitrogen and oxygen atoms in total. The fraction of sp³-hybridized carbons (Fsp3) is 0.750. The largest absolute Gasteiger partial charge is 0.465 e. The first-order chi connectivity index (χ1) is 7.25. The van der Waals surface area contributed by atoms with E-state index in [-0.39, 0.29) is 6.04 Å². The van der Waals surface area contributed by atoms with Gasteiger partial charge in [-0.2, -0.15) is 0 Å². The maximum absolute atomic E-state index is 10.4. The van der Waals surface area contributed by atoms with Crippen LogP contribution in [0.25, 0.3) is 0 Å². The van der Waals surface area contributed by atoms with Crippen molar-refractivity contribution in [3.8, 4) is 0 Å². The van der Waals surface area contributed by atoms with Gasteiger partial charge in [-0.25, -0.2) is 9.48 Å². The van der Waals surface area contributed by atoms with Gasteiger partial charge in [-0.15, -0.1) is 5.10 Å². The van der Waals surface area contributed by atoms with E-state index in [2.05, 4.69) is 20.8 Å². The van der Waals surface area contributed by atoms with Crippen LogP contribution in [0.5, 0.6) is 0 Å². The molecule has 2 rings (SSSR count). The van der Waals surface area contributed by atoms with E-state index in [0.717, 1.165) is 25.7 Å². The summed E-state index contributed by atoms with van der Waals surface area (Å²) in [4.78, 5) is 10.4. The van der Waals surface area contributed by atoms with Crippen molar-refractivity contribution in [2.75, 3.05) is 0 Å². The molecule has 7 heteroatoms. The van der Waals surface area contributed by atoms with Gasteiger partial charge in [0.15, 0.2) is 0 Å². The van der Waals surface area contributed by atoms with Crippen LogP contribution in [0.15, 0.2) is 6.33 Å². The third-order valence-electron chi connectivity index (χ3n) is 2.76. The maximum Gasteiger partial charge on any atom is 0.404 e. The summed E-state index contributed by atoms with van der Waals surface area (Å²) in [6, 6.07) is 0.391. The molecule has 1 heterocycles. The summed E-state index contributed by atoms with van der Waals surface area (Å²) >= 11 is 0. The van der Waals surface area contributed by atoms with Crippen molar-refractivity contribution in [1.82, 2.24) is 25.5 Å². The van der Waals surface area contributed by atoms with Crippen LogP contribution < -0.4 is 5.32 Å². The van der Waals surface area contributed by atoms with Crippen LogP contribution in [0, 0.1) is 0 Å². The Morgan fingerprint density at radius 2 is 2.13 bits per heavy atom. The molecule has 0 spiro atoms. The summed E-state index contributed by atoms with van der Waals surface area (Å²) in [5.74, 6) is 0. The minimum atomic E-state index is -0.944. The SMILES string of the molecule is O=C(O)NC1CCC(n2cnnn2)CC1. The number of carbonyl (C=O) groups is 1. The van der Waals surface area contributed by atoms with E-state index < -0.39 is 6.09 Å². The second-order valence-electron chi connectivity index (χ2n) is 3.74. The Labute approximate surface area is 86.5 Å². The molecule has 1 aromatic rings. The van der Waals surface area contributed by atoms with Crippen molar-refractivity contribution in [1.29, 1.82) is 0 Å². The second-order valence-corrected chi connectivity index (χ2v) is 3.74. The zero-order chi connectivity index (χ0) is 10.7. The Balaban J connectivity index is 1.84. The van der Waals surface area contributed by atoms with E-state index >= 15 is 0 Å². The number of amides is 1. The summed E-state index contributed by atoms with van der Waals surface area (Å²) in [6.45, 7) is 0. The van der Waals surface area contributed by atoms with E-state index in [1.165, 1.54) is 0 Å². The summed E-state index contributed by atoms with van der Waals surface area (Å²) in [5, 5.41) is 22.1. The zero-order valence-corrected chi connectivity index (χ0v) is 8.20. The number of nitrogens with one attached hydrogen (secondary N) is 1. The molecule has 0 saturated heterocycles. The minimum absolute atomic E-state index is 0.0789. The van der Waals surface area contributed by atoms with Crippen molar-refractivity contribution in [2.24, 2.45) is 0 Å². The monoisotopic (exact) mass is 211 g/mol. The first-order valence-corrected chi connectivity index (χ1v) is 4.97. The molecule has 0 radical (unpaired) electrons. The lowest BCUT2D eigenvalue weighted by Gasteiger charge is -2.27. The Kier molecular flexibility index (Phi) is 2.79. The topological polar surface area (TPSA) is 92.9 Å². The van der Waals surface area contributed by atoms with Gasteiger partial charge < -0.3 is 10.4 Å². The molecule has 1 aromatic heterocycles. The highest BCUT2D eigenvalue weighted by Gasteiger charge is 2.23. The predicted octanol–water partition coefficient (Wildman–Crippen LogP) is 0.424. The molecule has 1 aliphatic rings. The molecule has 0 atom stereocenters. The Hall–Kier alpha value is -1.66. The number of rotatable bonds is 2. The van der Waals surface area contributed by atoms with Gasteiger partial charge in [0.25, 0.3) is 0 Å². The first-order valence-electron chi connectivity index (χ1n) is 4.97. The van der Waals surface area contributed by atoms with Crippen LogP contribution in [0.2, 0.25) is 0 Å². The van der Waals surface area contributed by atoms with Crippen molar-refractivity contribution < 1.29 is 9.90 Å². The highest BCUT2D eigenvalue weighted by atomic mass is 16.4. The minimum Gasteiger partial charge on any atom is -0.465 e. The van der Waals surface area contributed by atoms with Gasteiger partial charge in [0.2, 0.25) is 0 Å². The standard InChI is InChI=1S/C8H13N5O2/c14-8(15)10-6-1-3-7(4-2-6)13-5-9-11-12-13/h5-7,10H,1-4H2,(H,14,15). The van der Waals surface area contributed by atoms with E-state index in [0.29, 0.717) is 6.04 Å². The van der Waals surface area contributed by atoms with Gasteiger partial charge in [0.1, 0.15) is 6.33 Å². The molecule has 15 heavy (non-hydrogen) atoms. The van der Waals surface area contributed by atoms with Crippen LogP contribution >= 0.6 is 0 Å². The summed E-state index contributed by atoms with van der Waals surface area (Å²) in [5.41, 5.74) is 0. The molecule has 0 aromatic carbocycles. The number of hydrogen-bond acceptors (Lipinski definition) is 4. The van der Waals surface area contributed by atoms with Gasteiger partial charge in [-0.05, 0) is 36.1 Å². The third kappa shape index (κ3) is 2.42. The van der Waals surface area contributed by atoms with Crippen molar-refractivity contribution in [2.45, 2.75) is 37.8 Å². The molecule has 1 saturated carbocycles. The fourth-order valence-electron chi connectivity index (χ4n) is 2.00. The smallest absolute Gasteiger partial charge is 0.404 e. The van der Waals surface area contributed by atoms with E-state index in [1.807, 2.05) is 0 Å². The van der Waals surface area contributed by atoms with E-state index in [4.69, 9.17) is 5.11 Å². The van der Waals surface area contributed by atoms with Gasteiger partial charge in [-0.3, -0.25) is 0 Å². The highest BCUT2D eigenvalue weighted by molar-refractivity contribution is 5.64. The highest BCUT2D eigenvalue weighted by Crippen LogP contribution is 2.27. The molecule has 0 aliphatic heterocycles. The van der Waals surface area contributed by atoms with E-state index in [9.17, 15) is 4.79 Å². The molecule has 1 aliphatic carbocycles. The van der Waals surface area contributed by atoms with Gasteiger partial charge in [0.05, 0.1) is 6.04 Å². The van der Waals surface area contributed by atoms with Crippen LogP contribution in [-0.2, 0) is 0 Å². The molecular weight excluding hydrogens is 198 g/mol. The Morgan fingerprint density at radius 3 is 2.67 bits per heavy atom. The molecule has 82 valence electrons. The predicted molar refractivity (Wildman–Crippen MR) is 50.3 cm³/mol. The molecule has 0 unspecified atom stereocenters. The summed E-state index contributed by atoms with van der Waals surface area (Å²) < 4.78 is 1.75. The van der Waals surface area contributed by atoms with Crippen LogP contribution in [0.3, 0.4) is 0 Å². The fourth-order valence-corrected chi connectivity index (χ4v) is 2.00. The molecule has 1 amide bonds. The van der Waals surface area contributed by atoms with Crippen LogP contribution in [0.4, 0.5) is 4.79 Å². The van der Waals surface area contributed by atoms with Gasteiger partial charge >= 0.3 is 6.09 Å². The zero-order valence-electron chi connectivity index (χ0n) is 8.20. The summed E-state index contributed by atoms with van der Waals surface area (Å²) in [6.07, 6.45) is 4.18. The normalized spacial score (nSPS) is 26.1. The lowest BCUT2D eigenvalue weighted by molar-refractivity contribution is 0.181. The average Bonchev–Trinajstić information content (AvgIpc) is 2.71. The Bertz CT molecular complexity index is 318. The number of nitrogens with zero attached hydrogens (tertiary/aromatic N) is 4. The second kappa shape index (κ2) is 4.24. The van der Waals surface area contributed by atoms with E-state index in [1.54, 1.807) is 11.0 Å². The Morgan fingerprint density at radius 1 is 1.40 bits per heavy atom. The number of hydrogen-bond donors (Lipinski definition) is 2. The van der Waals surface area contributed by atoms with Crippen molar-refractivity contribution in [3.05, 3.63) is 6.33 Å². The average molecular weight is 211 g/mol. The van der Waals surface area contributed by atoms with Crippen LogP contribution in [-0.4, -0.2) is 37.4 Å². The summed E-state index contributed by atoms with van der Waals surface area (Å²) in [7, 11) is 0. The number of carboxylic acid groups (broad SMARTS) is 1. The molecule has 0 bridgehead atoms. The molecular formula is C8H13N5O2. The van der Waals surface area contributed by atoms with Crippen molar-refractivity contribution >= 4 is 6.09 Å². The third-order valence-corrected chi connectivity index (χ3v) is 2.76. The number of aromatic nitrogens is 4. The lowest BCUT2D eigenvalue weighted by atomic mass is 9.91. The maximum atomic E-state index is 10.4. The molecule has 1 fully saturated rings. The van der Waals surface area contributed by atoms with Crippen LogP contribution in [0.1, 0.15) is 31.7 Å². The lowest BCUT2D eigenvalue weighted by Crippen LogP contribution is -2.37. The quantitative estimate of drug-likeness (QED) is 0.739. The first kappa shape index (κ1) is 9.88. The van der Waals surface area contributed by atoms with Gasteiger partial charge in [-0.1, -0.05) is 0 Å². The van der Waals surface area contributed by atoms with Gasteiger partial charge in [0, 0.05) is 6.04 Å². The number of tetrazole rings is 1. The molecule has 2 N–H and O–H groups in total. The van der Waals surface area contributed by atoms with Crippen molar-refractivity contribution in [3.63, 3.8) is 0 Å².